The highest BCUT2D eigenvalue weighted by molar-refractivity contribution is 5.86. The maximum absolute atomic E-state index is 5.29. The molecule has 0 aromatic heterocycles. The van der Waals surface area contributed by atoms with Crippen molar-refractivity contribution in [1.82, 2.24) is 0 Å². The van der Waals surface area contributed by atoms with E-state index in [0.717, 1.165) is 25.1 Å². The van der Waals surface area contributed by atoms with E-state index in [0.29, 0.717) is 6.54 Å². The highest BCUT2D eigenvalue weighted by Crippen LogP contribution is 1.99. The van der Waals surface area contributed by atoms with Crippen LogP contribution in [0.25, 0.3) is 0 Å². The van der Waals surface area contributed by atoms with Gasteiger partial charge in [-0.1, -0.05) is 0 Å². The summed E-state index contributed by atoms with van der Waals surface area (Å²) in [5.74, 6) is 0. The first-order chi connectivity index (χ1) is 4.43. The second kappa shape index (κ2) is 3.29. The topological polar surface area (TPSA) is 63.1 Å². The Morgan fingerprint density at radius 2 is 2.44 bits per heavy atom. The smallest absolute Gasteiger partial charge is 0.102 e. The standard InChI is InChI=1S/C5H10N4/c6-3-1-2-5-4-7-9-8-5/h1-4,6H2. The van der Waals surface area contributed by atoms with Gasteiger partial charge < -0.3 is 5.73 Å². The Morgan fingerprint density at radius 3 is 3.00 bits per heavy atom. The molecule has 0 aromatic rings. The molecule has 1 aliphatic heterocycles. The molecule has 0 saturated carbocycles. The molecule has 9 heavy (non-hydrogen) atoms. The van der Waals surface area contributed by atoms with Gasteiger partial charge in [0.15, 0.2) is 0 Å². The summed E-state index contributed by atoms with van der Waals surface area (Å²) in [6, 6.07) is 0. The van der Waals surface area contributed by atoms with Gasteiger partial charge in [0.25, 0.3) is 0 Å². The average molecular weight is 126 g/mol. The SMILES string of the molecule is NCCCC1=NN=NC1. The fourth-order valence-corrected chi connectivity index (χ4v) is 0.675. The highest BCUT2D eigenvalue weighted by atomic mass is 15.4. The van der Waals surface area contributed by atoms with Crippen LogP contribution in [0.3, 0.4) is 0 Å². The molecule has 1 aliphatic rings. The Hall–Kier alpha value is -0.770. The van der Waals surface area contributed by atoms with E-state index in [1.54, 1.807) is 0 Å². The van der Waals surface area contributed by atoms with Crippen molar-refractivity contribution in [2.24, 2.45) is 21.2 Å². The molecular weight excluding hydrogens is 116 g/mol. The lowest BCUT2D eigenvalue weighted by Crippen LogP contribution is -2.04. The van der Waals surface area contributed by atoms with Crippen molar-refractivity contribution in [3.63, 3.8) is 0 Å². The van der Waals surface area contributed by atoms with Gasteiger partial charge in [-0.15, -0.1) is 5.10 Å². The predicted octanol–water partition coefficient (Wildman–Crippen LogP) is 0.547. The normalized spacial score (nSPS) is 16.3. The van der Waals surface area contributed by atoms with Crippen LogP contribution in [-0.4, -0.2) is 18.8 Å². The third kappa shape index (κ3) is 1.89. The van der Waals surface area contributed by atoms with Crippen LogP contribution in [0.1, 0.15) is 12.8 Å². The van der Waals surface area contributed by atoms with E-state index in [2.05, 4.69) is 15.4 Å². The molecule has 0 aromatic carbocycles. The van der Waals surface area contributed by atoms with Crippen LogP contribution < -0.4 is 5.73 Å². The molecule has 0 unspecified atom stereocenters. The summed E-state index contributed by atoms with van der Waals surface area (Å²) >= 11 is 0. The summed E-state index contributed by atoms with van der Waals surface area (Å²) in [4.78, 5) is 0. The maximum Gasteiger partial charge on any atom is 0.102 e. The molecule has 1 heterocycles. The van der Waals surface area contributed by atoms with Crippen molar-refractivity contribution in [3.8, 4) is 0 Å². The van der Waals surface area contributed by atoms with Crippen molar-refractivity contribution in [2.45, 2.75) is 12.8 Å². The first-order valence-electron chi connectivity index (χ1n) is 3.06. The minimum atomic E-state index is 0.681. The maximum atomic E-state index is 5.29. The quantitative estimate of drug-likeness (QED) is 0.589. The molecule has 0 atom stereocenters. The van der Waals surface area contributed by atoms with Gasteiger partial charge in [-0.25, -0.2) is 0 Å². The summed E-state index contributed by atoms with van der Waals surface area (Å²) in [6.07, 6.45) is 1.94. The molecule has 0 bridgehead atoms. The van der Waals surface area contributed by atoms with Crippen molar-refractivity contribution in [3.05, 3.63) is 0 Å². The van der Waals surface area contributed by atoms with Crippen LogP contribution in [0.4, 0.5) is 0 Å². The summed E-state index contributed by atoms with van der Waals surface area (Å²) in [5, 5.41) is 11.0. The van der Waals surface area contributed by atoms with Crippen LogP contribution in [0.15, 0.2) is 15.4 Å². The molecule has 0 saturated heterocycles. The van der Waals surface area contributed by atoms with E-state index < -0.39 is 0 Å². The number of hydrogen-bond acceptors (Lipinski definition) is 4. The summed E-state index contributed by atoms with van der Waals surface area (Å²) in [5.41, 5.74) is 6.35. The lowest BCUT2D eigenvalue weighted by atomic mass is 10.2. The molecule has 0 radical (unpaired) electrons. The second-order valence-electron chi connectivity index (χ2n) is 1.95. The van der Waals surface area contributed by atoms with Gasteiger partial charge in [-0.3, -0.25) is 0 Å². The predicted molar refractivity (Wildman–Crippen MR) is 35.4 cm³/mol. The molecule has 0 aliphatic carbocycles. The molecule has 50 valence electrons. The van der Waals surface area contributed by atoms with Crippen molar-refractivity contribution in [2.75, 3.05) is 13.1 Å². The third-order valence-electron chi connectivity index (χ3n) is 1.17. The first kappa shape index (κ1) is 6.35. The van der Waals surface area contributed by atoms with E-state index in [-0.39, 0.29) is 0 Å². The molecule has 0 fully saturated rings. The van der Waals surface area contributed by atoms with E-state index in [4.69, 9.17) is 5.73 Å². The largest absolute Gasteiger partial charge is 0.330 e. The number of nitrogens with zero attached hydrogens (tertiary/aromatic N) is 3. The fourth-order valence-electron chi connectivity index (χ4n) is 0.675. The van der Waals surface area contributed by atoms with Crippen molar-refractivity contribution < 1.29 is 0 Å². The molecule has 0 amide bonds. The van der Waals surface area contributed by atoms with Crippen LogP contribution in [0.2, 0.25) is 0 Å². The van der Waals surface area contributed by atoms with Gasteiger partial charge in [-0.2, -0.15) is 5.11 Å². The zero-order chi connectivity index (χ0) is 6.53. The van der Waals surface area contributed by atoms with Gasteiger partial charge >= 0.3 is 0 Å². The molecular formula is C5H10N4. The third-order valence-corrected chi connectivity index (χ3v) is 1.17. The van der Waals surface area contributed by atoms with Gasteiger partial charge in [0.05, 0.1) is 5.71 Å². The zero-order valence-corrected chi connectivity index (χ0v) is 5.25. The Labute approximate surface area is 53.8 Å². The molecule has 0 spiro atoms. The number of nitrogens with two attached hydrogens (primary N) is 1. The Balaban J connectivity index is 2.14. The molecule has 4 nitrogen and oxygen atoms in total. The van der Waals surface area contributed by atoms with Crippen molar-refractivity contribution >= 4 is 5.71 Å². The minimum absolute atomic E-state index is 0.681. The zero-order valence-electron chi connectivity index (χ0n) is 5.25. The molecule has 4 heteroatoms. The minimum Gasteiger partial charge on any atom is -0.330 e. The first-order valence-corrected chi connectivity index (χ1v) is 3.06. The highest BCUT2D eigenvalue weighted by Gasteiger charge is 2.01. The van der Waals surface area contributed by atoms with Crippen LogP contribution in [0.5, 0.6) is 0 Å². The van der Waals surface area contributed by atoms with E-state index in [1.165, 1.54) is 0 Å². The van der Waals surface area contributed by atoms with E-state index in [9.17, 15) is 0 Å². The Morgan fingerprint density at radius 1 is 1.56 bits per heavy atom. The Bertz CT molecular complexity index is 138. The average Bonchev–Trinajstić information content (AvgIpc) is 2.34. The summed E-state index contributed by atoms with van der Waals surface area (Å²) in [7, 11) is 0. The van der Waals surface area contributed by atoms with E-state index >= 15 is 0 Å². The Kier molecular flexibility index (Phi) is 2.32. The molecule has 2 N–H and O–H groups in total. The lowest BCUT2D eigenvalue weighted by Gasteiger charge is -1.92. The van der Waals surface area contributed by atoms with Crippen LogP contribution in [-0.2, 0) is 0 Å². The van der Waals surface area contributed by atoms with Crippen LogP contribution in [0, 0.1) is 0 Å². The number of hydrogen-bond donors (Lipinski definition) is 1. The van der Waals surface area contributed by atoms with Gasteiger partial charge in [-0.05, 0) is 24.6 Å². The van der Waals surface area contributed by atoms with E-state index in [1.807, 2.05) is 0 Å². The number of rotatable bonds is 3. The molecule has 1 rings (SSSR count). The van der Waals surface area contributed by atoms with Crippen LogP contribution >= 0.6 is 0 Å². The van der Waals surface area contributed by atoms with Gasteiger partial charge in [0, 0.05) is 0 Å². The van der Waals surface area contributed by atoms with Crippen molar-refractivity contribution in [1.29, 1.82) is 0 Å². The fraction of sp³-hybridized carbons (Fsp3) is 0.800. The second-order valence-corrected chi connectivity index (χ2v) is 1.95. The lowest BCUT2D eigenvalue weighted by molar-refractivity contribution is 0.872. The van der Waals surface area contributed by atoms with Gasteiger partial charge in [0.1, 0.15) is 6.54 Å². The summed E-state index contributed by atoms with van der Waals surface area (Å²) in [6.45, 7) is 1.40. The summed E-state index contributed by atoms with van der Waals surface area (Å²) < 4.78 is 0. The monoisotopic (exact) mass is 126 g/mol. The van der Waals surface area contributed by atoms with Gasteiger partial charge in [0.2, 0.25) is 0 Å².